The minimum atomic E-state index is 1.12. The van der Waals surface area contributed by atoms with Crippen LogP contribution in [0, 0.1) is 0 Å². The molecule has 0 radical (unpaired) electrons. The molecule has 0 aliphatic rings. The predicted molar refractivity (Wildman–Crippen MR) is 61.8 cm³/mol. The van der Waals surface area contributed by atoms with Gasteiger partial charge >= 0.3 is 0 Å². The van der Waals surface area contributed by atoms with E-state index in [0.717, 1.165) is 6.42 Å². The van der Waals surface area contributed by atoms with E-state index in [1.54, 1.807) is 0 Å². The van der Waals surface area contributed by atoms with Gasteiger partial charge in [0.2, 0.25) is 0 Å². The molecule has 0 aliphatic carbocycles. The standard InChI is InChI=1S/C13H20/c1-5-9-12(8-4)13(10-6-2)11-7-3/h5-6,8-10H,4,7,11H2,1-3H3. The zero-order chi connectivity index (χ0) is 10.1. The zero-order valence-electron chi connectivity index (χ0n) is 9.01. The van der Waals surface area contributed by atoms with Crippen LogP contribution in [0.3, 0.4) is 0 Å². The Balaban J connectivity index is 4.86. The topological polar surface area (TPSA) is 0 Å². The van der Waals surface area contributed by atoms with E-state index in [4.69, 9.17) is 0 Å². The van der Waals surface area contributed by atoms with Gasteiger partial charge in [0.25, 0.3) is 0 Å². The Bertz CT molecular complexity index is 226. The summed E-state index contributed by atoms with van der Waals surface area (Å²) in [7, 11) is 0. The molecule has 0 saturated carbocycles. The predicted octanol–water partition coefficient (Wildman–Crippen LogP) is 4.42. The second kappa shape index (κ2) is 7.60. The fourth-order valence-corrected chi connectivity index (χ4v) is 1.28. The Morgan fingerprint density at radius 1 is 1.15 bits per heavy atom. The highest BCUT2D eigenvalue weighted by Gasteiger charge is 1.95. The van der Waals surface area contributed by atoms with Gasteiger partial charge in [-0.3, -0.25) is 0 Å². The van der Waals surface area contributed by atoms with Crippen molar-refractivity contribution in [3.63, 3.8) is 0 Å². The van der Waals surface area contributed by atoms with E-state index in [-0.39, 0.29) is 0 Å². The van der Waals surface area contributed by atoms with Gasteiger partial charge in [-0.15, -0.1) is 0 Å². The largest absolute Gasteiger partial charge is 0.0985 e. The minimum absolute atomic E-state index is 1.12. The van der Waals surface area contributed by atoms with Crippen LogP contribution in [0.15, 0.2) is 48.1 Å². The molecule has 0 heterocycles. The average molecular weight is 176 g/mol. The summed E-state index contributed by atoms with van der Waals surface area (Å²) in [5.74, 6) is 0. The molecule has 0 aromatic heterocycles. The highest BCUT2D eigenvalue weighted by Crippen LogP contribution is 2.15. The van der Waals surface area contributed by atoms with Crippen molar-refractivity contribution in [1.82, 2.24) is 0 Å². The number of hydrogen-bond donors (Lipinski definition) is 0. The van der Waals surface area contributed by atoms with Gasteiger partial charge in [-0.2, -0.15) is 0 Å². The van der Waals surface area contributed by atoms with E-state index in [1.165, 1.54) is 17.6 Å². The monoisotopic (exact) mass is 176 g/mol. The Morgan fingerprint density at radius 2 is 1.77 bits per heavy atom. The molecule has 0 nitrogen and oxygen atoms in total. The Labute approximate surface area is 82.4 Å². The molecule has 0 heteroatoms. The van der Waals surface area contributed by atoms with Crippen molar-refractivity contribution in [2.75, 3.05) is 0 Å². The summed E-state index contributed by atoms with van der Waals surface area (Å²) in [5, 5.41) is 0. The lowest BCUT2D eigenvalue weighted by Crippen LogP contribution is -1.83. The van der Waals surface area contributed by atoms with Crippen molar-refractivity contribution in [2.24, 2.45) is 0 Å². The van der Waals surface area contributed by atoms with Gasteiger partial charge < -0.3 is 0 Å². The fourth-order valence-electron chi connectivity index (χ4n) is 1.28. The summed E-state index contributed by atoms with van der Waals surface area (Å²) in [6.07, 6.45) is 12.6. The highest BCUT2D eigenvalue weighted by molar-refractivity contribution is 5.39. The summed E-state index contributed by atoms with van der Waals surface area (Å²) >= 11 is 0. The van der Waals surface area contributed by atoms with Crippen LogP contribution in [0.25, 0.3) is 0 Å². The second-order valence-corrected chi connectivity index (χ2v) is 2.93. The summed E-state index contributed by atoms with van der Waals surface area (Å²) in [6, 6.07) is 0. The number of rotatable bonds is 5. The third kappa shape index (κ3) is 4.51. The summed E-state index contributed by atoms with van der Waals surface area (Å²) in [4.78, 5) is 0. The third-order valence-corrected chi connectivity index (χ3v) is 1.82. The van der Waals surface area contributed by atoms with Gasteiger partial charge in [0.1, 0.15) is 0 Å². The molecule has 0 saturated heterocycles. The maximum atomic E-state index is 3.82. The molecule has 0 spiro atoms. The summed E-state index contributed by atoms with van der Waals surface area (Å²) in [6.45, 7) is 10.1. The Kier molecular flexibility index (Phi) is 6.99. The van der Waals surface area contributed by atoms with Crippen LogP contribution in [0.2, 0.25) is 0 Å². The Morgan fingerprint density at radius 3 is 2.15 bits per heavy atom. The van der Waals surface area contributed by atoms with Crippen molar-refractivity contribution in [1.29, 1.82) is 0 Å². The molecule has 0 aromatic rings. The van der Waals surface area contributed by atoms with Gasteiger partial charge in [-0.25, -0.2) is 0 Å². The van der Waals surface area contributed by atoms with E-state index >= 15 is 0 Å². The lowest BCUT2D eigenvalue weighted by molar-refractivity contribution is 0.921. The molecule has 0 N–H and O–H groups in total. The van der Waals surface area contributed by atoms with Crippen LogP contribution in [-0.2, 0) is 0 Å². The average Bonchev–Trinajstić information content (AvgIpc) is 2.14. The molecule has 0 aliphatic heterocycles. The van der Waals surface area contributed by atoms with Crippen LogP contribution in [0.4, 0.5) is 0 Å². The summed E-state index contributed by atoms with van der Waals surface area (Å²) < 4.78 is 0. The molecular weight excluding hydrogens is 156 g/mol. The number of hydrogen-bond acceptors (Lipinski definition) is 0. The third-order valence-electron chi connectivity index (χ3n) is 1.82. The zero-order valence-corrected chi connectivity index (χ0v) is 9.01. The smallest absolute Gasteiger partial charge is 0.0234 e. The van der Waals surface area contributed by atoms with Crippen molar-refractivity contribution in [2.45, 2.75) is 33.6 Å². The lowest BCUT2D eigenvalue weighted by atomic mass is 10.0. The fraction of sp³-hybridized carbons (Fsp3) is 0.385. The quantitative estimate of drug-likeness (QED) is 0.544. The van der Waals surface area contributed by atoms with Gasteiger partial charge in [-0.1, -0.05) is 50.3 Å². The van der Waals surface area contributed by atoms with Crippen LogP contribution in [0.1, 0.15) is 33.6 Å². The van der Waals surface area contributed by atoms with E-state index in [1.807, 2.05) is 19.9 Å². The molecule has 13 heavy (non-hydrogen) atoms. The Hall–Kier alpha value is -1.04. The van der Waals surface area contributed by atoms with E-state index < -0.39 is 0 Å². The van der Waals surface area contributed by atoms with E-state index in [2.05, 4.69) is 37.8 Å². The lowest BCUT2D eigenvalue weighted by Gasteiger charge is -2.03. The van der Waals surface area contributed by atoms with Gasteiger partial charge in [-0.05, 0) is 31.4 Å². The van der Waals surface area contributed by atoms with Crippen molar-refractivity contribution >= 4 is 0 Å². The maximum absolute atomic E-state index is 3.82. The first-order valence-electron chi connectivity index (χ1n) is 4.91. The van der Waals surface area contributed by atoms with Crippen molar-refractivity contribution < 1.29 is 0 Å². The van der Waals surface area contributed by atoms with Crippen molar-refractivity contribution in [3.8, 4) is 0 Å². The molecule has 0 aromatic carbocycles. The van der Waals surface area contributed by atoms with Gasteiger partial charge in [0, 0.05) is 0 Å². The van der Waals surface area contributed by atoms with Gasteiger partial charge in [0.05, 0.1) is 0 Å². The van der Waals surface area contributed by atoms with Crippen LogP contribution < -0.4 is 0 Å². The molecule has 0 amide bonds. The first-order valence-corrected chi connectivity index (χ1v) is 4.91. The van der Waals surface area contributed by atoms with Crippen LogP contribution in [-0.4, -0.2) is 0 Å². The van der Waals surface area contributed by atoms with Gasteiger partial charge in [0.15, 0.2) is 0 Å². The first-order chi connectivity index (χ1) is 6.29. The highest BCUT2D eigenvalue weighted by atomic mass is 14.0. The normalized spacial score (nSPS) is 13.8. The molecule has 0 bridgehead atoms. The SMILES string of the molecule is C=CC(C=CC)=C(C=CC)CCC. The maximum Gasteiger partial charge on any atom is -0.0234 e. The summed E-state index contributed by atoms with van der Waals surface area (Å²) in [5.41, 5.74) is 2.61. The first kappa shape index (κ1) is 12.0. The molecule has 72 valence electrons. The van der Waals surface area contributed by atoms with Crippen LogP contribution in [0.5, 0.6) is 0 Å². The van der Waals surface area contributed by atoms with Crippen molar-refractivity contribution in [3.05, 3.63) is 48.1 Å². The molecule has 0 atom stereocenters. The van der Waals surface area contributed by atoms with Crippen LogP contribution >= 0.6 is 0 Å². The van der Waals surface area contributed by atoms with E-state index in [9.17, 15) is 0 Å². The minimum Gasteiger partial charge on any atom is -0.0985 e. The second-order valence-electron chi connectivity index (χ2n) is 2.93. The molecule has 0 rings (SSSR count). The van der Waals surface area contributed by atoms with E-state index in [0.29, 0.717) is 0 Å². The molecular formula is C13H20. The molecule has 0 fully saturated rings. The number of allylic oxidation sites excluding steroid dienone is 7. The molecule has 0 unspecified atom stereocenters.